The summed E-state index contributed by atoms with van der Waals surface area (Å²) in [4.78, 5) is 18.3. The highest BCUT2D eigenvalue weighted by atomic mass is 16.5. The third-order valence-corrected chi connectivity index (χ3v) is 3.59. The maximum atomic E-state index is 12.6. The zero-order valence-electron chi connectivity index (χ0n) is 13.8. The van der Waals surface area contributed by atoms with Gasteiger partial charge in [0.25, 0.3) is 0 Å². The molecule has 0 spiro atoms. The molecule has 0 aromatic carbocycles. The number of urea groups is 1. The fourth-order valence-corrected chi connectivity index (χ4v) is 2.34. The Hall–Kier alpha value is -3.22. The fourth-order valence-electron chi connectivity index (χ4n) is 2.34. The largest absolute Gasteiger partial charge is 0.481 e. The molecule has 3 aromatic heterocycles. The SMILES string of the molecule is COc1cc(CNC(=O)N(Cc2ccco2)Cc2ccco2)ccn1. The molecule has 0 saturated carbocycles. The zero-order chi connectivity index (χ0) is 17.5. The summed E-state index contributed by atoms with van der Waals surface area (Å²) < 4.78 is 15.8. The van der Waals surface area contributed by atoms with Crippen LogP contribution in [0.4, 0.5) is 4.79 Å². The topological polar surface area (TPSA) is 80.7 Å². The maximum Gasteiger partial charge on any atom is 0.318 e. The van der Waals surface area contributed by atoms with Crippen LogP contribution in [-0.2, 0) is 19.6 Å². The standard InChI is InChI=1S/C18H19N3O4/c1-23-17-10-14(6-7-19-17)11-20-18(22)21(12-15-4-2-8-24-15)13-16-5-3-9-25-16/h2-10H,11-13H2,1H3,(H,20,22). The summed E-state index contributed by atoms with van der Waals surface area (Å²) in [6, 6.07) is 10.6. The Labute approximate surface area is 145 Å². The van der Waals surface area contributed by atoms with E-state index in [-0.39, 0.29) is 6.03 Å². The minimum absolute atomic E-state index is 0.219. The van der Waals surface area contributed by atoms with Crippen LogP contribution in [0.1, 0.15) is 17.1 Å². The molecule has 2 amide bonds. The van der Waals surface area contributed by atoms with Gasteiger partial charge in [0.05, 0.1) is 32.7 Å². The van der Waals surface area contributed by atoms with Gasteiger partial charge in [-0.05, 0) is 35.9 Å². The second-order valence-electron chi connectivity index (χ2n) is 5.38. The summed E-state index contributed by atoms with van der Waals surface area (Å²) in [5.41, 5.74) is 0.899. The molecule has 1 N–H and O–H groups in total. The number of nitrogens with one attached hydrogen (secondary N) is 1. The quantitative estimate of drug-likeness (QED) is 0.714. The molecule has 0 unspecified atom stereocenters. The Balaban J connectivity index is 1.65. The van der Waals surface area contributed by atoms with Crippen LogP contribution in [0.15, 0.2) is 64.0 Å². The molecule has 3 heterocycles. The summed E-state index contributed by atoms with van der Waals surface area (Å²) >= 11 is 0. The van der Waals surface area contributed by atoms with Crippen molar-refractivity contribution in [1.29, 1.82) is 0 Å². The molecule has 0 aliphatic rings. The van der Waals surface area contributed by atoms with E-state index >= 15 is 0 Å². The number of hydrogen-bond acceptors (Lipinski definition) is 5. The smallest absolute Gasteiger partial charge is 0.318 e. The number of amides is 2. The molecule has 0 radical (unpaired) electrons. The Kier molecular flexibility index (Phi) is 5.36. The molecule has 7 heteroatoms. The van der Waals surface area contributed by atoms with E-state index in [0.29, 0.717) is 37.0 Å². The first-order valence-corrected chi connectivity index (χ1v) is 7.81. The molecule has 0 saturated heterocycles. The maximum absolute atomic E-state index is 12.6. The first-order chi connectivity index (χ1) is 12.2. The zero-order valence-corrected chi connectivity index (χ0v) is 13.8. The van der Waals surface area contributed by atoms with E-state index in [1.54, 1.807) is 48.9 Å². The number of rotatable bonds is 7. The highest BCUT2D eigenvalue weighted by molar-refractivity contribution is 5.74. The van der Waals surface area contributed by atoms with Crippen molar-refractivity contribution in [2.45, 2.75) is 19.6 Å². The number of ether oxygens (including phenoxy) is 1. The predicted molar refractivity (Wildman–Crippen MR) is 89.7 cm³/mol. The van der Waals surface area contributed by atoms with Crippen LogP contribution in [0.3, 0.4) is 0 Å². The van der Waals surface area contributed by atoms with Gasteiger partial charge in [0.1, 0.15) is 11.5 Å². The second kappa shape index (κ2) is 8.05. The molecule has 0 bridgehead atoms. The lowest BCUT2D eigenvalue weighted by atomic mass is 10.2. The Morgan fingerprint density at radius 1 is 1.16 bits per heavy atom. The van der Waals surface area contributed by atoms with Crippen molar-refractivity contribution < 1.29 is 18.4 Å². The van der Waals surface area contributed by atoms with E-state index in [4.69, 9.17) is 13.6 Å². The average Bonchev–Trinajstić information content (AvgIpc) is 3.33. The Morgan fingerprint density at radius 3 is 2.40 bits per heavy atom. The summed E-state index contributed by atoms with van der Waals surface area (Å²) in [6.07, 6.45) is 4.81. The number of carbonyl (C=O) groups excluding carboxylic acids is 1. The van der Waals surface area contributed by atoms with Crippen molar-refractivity contribution in [1.82, 2.24) is 15.2 Å². The lowest BCUT2D eigenvalue weighted by Crippen LogP contribution is -2.38. The van der Waals surface area contributed by atoms with Gasteiger partial charge in [0, 0.05) is 18.8 Å². The van der Waals surface area contributed by atoms with Crippen molar-refractivity contribution in [3.63, 3.8) is 0 Å². The van der Waals surface area contributed by atoms with Gasteiger partial charge in [-0.3, -0.25) is 0 Å². The van der Waals surface area contributed by atoms with Crippen LogP contribution in [-0.4, -0.2) is 23.0 Å². The van der Waals surface area contributed by atoms with Gasteiger partial charge in [-0.15, -0.1) is 0 Å². The first-order valence-electron chi connectivity index (χ1n) is 7.81. The number of nitrogens with zero attached hydrogens (tertiary/aromatic N) is 2. The minimum atomic E-state index is -0.219. The van der Waals surface area contributed by atoms with Crippen LogP contribution >= 0.6 is 0 Å². The van der Waals surface area contributed by atoms with Gasteiger partial charge >= 0.3 is 6.03 Å². The lowest BCUT2D eigenvalue weighted by molar-refractivity contribution is 0.181. The predicted octanol–water partition coefficient (Wildman–Crippen LogP) is 3.19. The van der Waals surface area contributed by atoms with Gasteiger partial charge in [0.15, 0.2) is 0 Å². The minimum Gasteiger partial charge on any atom is -0.481 e. The molecular formula is C18H19N3O4. The molecule has 7 nitrogen and oxygen atoms in total. The molecule has 0 fully saturated rings. The number of hydrogen-bond donors (Lipinski definition) is 1. The van der Waals surface area contributed by atoms with Crippen LogP contribution in [0, 0.1) is 0 Å². The summed E-state index contributed by atoms with van der Waals surface area (Å²) in [5.74, 6) is 1.91. The monoisotopic (exact) mass is 341 g/mol. The van der Waals surface area contributed by atoms with E-state index in [0.717, 1.165) is 5.56 Å². The van der Waals surface area contributed by atoms with Crippen molar-refractivity contribution in [2.24, 2.45) is 0 Å². The van der Waals surface area contributed by atoms with E-state index in [1.807, 2.05) is 18.2 Å². The van der Waals surface area contributed by atoms with Crippen molar-refractivity contribution >= 4 is 6.03 Å². The number of pyridine rings is 1. The normalized spacial score (nSPS) is 10.4. The average molecular weight is 341 g/mol. The summed E-state index contributed by atoms with van der Waals surface area (Å²) in [5, 5.41) is 2.90. The number of methoxy groups -OCH3 is 1. The molecule has 130 valence electrons. The highest BCUT2D eigenvalue weighted by Crippen LogP contribution is 2.12. The van der Waals surface area contributed by atoms with Crippen LogP contribution < -0.4 is 10.1 Å². The molecule has 0 aliphatic carbocycles. The molecule has 3 aromatic rings. The van der Waals surface area contributed by atoms with Crippen LogP contribution in [0.25, 0.3) is 0 Å². The number of carbonyl (C=O) groups is 1. The summed E-state index contributed by atoms with van der Waals surface area (Å²) in [6.45, 7) is 1.06. The Morgan fingerprint density at radius 2 is 1.84 bits per heavy atom. The van der Waals surface area contributed by atoms with Gasteiger partial charge in [0.2, 0.25) is 5.88 Å². The number of aromatic nitrogens is 1. The van der Waals surface area contributed by atoms with Gasteiger partial charge in [-0.25, -0.2) is 9.78 Å². The second-order valence-corrected chi connectivity index (χ2v) is 5.38. The third kappa shape index (κ3) is 4.63. The third-order valence-electron chi connectivity index (χ3n) is 3.59. The fraction of sp³-hybridized carbons (Fsp3) is 0.222. The van der Waals surface area contributed by atoms with Gasteiger partial charge in [-0.2, -0.15) is 0 Å². The van der Waals surface area contributed by atoms with Crippen molar-refractivity contribution in [2.75, 3.05) is 7.11 Å². The number of furan rings is 2. The van der Waals surface area contributed by atoms with Crippen molar-refractivity contribution in [3.8, 4) is 5.88 Å². The lowest BCUT2D eigenvalue weighted by Gasteiger charge is -2.21. The van der Waals surface area contributed by atoms with Gasteiger partial charge < -0.3 is 23.8 Å². The molecular weight excluding hydrogens is 322 g/mol. The molecule has 0 atom stereocenters. The first kappa shape index (κ1) is 16.6. The molecule has 25 heavy (non-hydrogen) atoms. The Bertz CT molecular complexity index is 748. The molecule has 0 aliphatic heterocycles. The highest BCUT2D eigenvalue weighted by Gasteiger charge is 2.17. The summed E-state index contributed by atoms with van der Waals surface area (Å²) in [7, 11) is 1.55. The van der Waals surface area contributed by atoms with Crippen molar-refractivity contribution in [3.05, 3.63) is 72.2 Å². The van der Waals surface area contributed by atoms with Gasteiger partial charge in [-0.1, -0.05) is 0 Å². The van der Waals surface area contributed by atoms with E-state index in [9.17, 15) is 4.79 Å². The molecule has 3 rings (SSSR count). The van der Waals surface area contributed by atoms with E-state index < -0.39 is 0 Å². The van der Waals surface area contributed by atoms with Crippen LogP contribution in [0.2, 0.25) is 0 Å². The van der Waals surface area contributed by atoms with E-state index in [1.165, 1.54) is 0 Å². The van der Waals surface area contributed by atoms with E-state index in [2.05, 4.69) is 10.3 Å². The van der Waals surface area contributed by atoms with Crippen LogP contribution in [0.5, 0.6) is 5.88 Å².